The van der Waals surface area contributed by atoms with E-state index in [0.717, 1.165) is 0 Å². The molecule has 0 aliphatic carbocycles. The summed E-state index contributed by atoms with van der Waals surface area (Å²) >= 11 is 11.5. The zero-order valence-corrected chi connectivity index (χ0v) is 16.6. The summed E-state index contributed by atoms with van der Waals surface area (Å²) in [6, 6.07) is -0.646. The third-order valence-electron chi connectivity index (χ3n) is 3.91. The van der Waals surface area contributed by atoms with Crippen LogP contribution in [0.25, 0.3) is 0 Å². The molecular formula is C16H11Cl2F7N4O2. The highest BCUT2D eigenvalue weighted by molar-refractivity contribution is 6.40. The maximum absolute atomic E-state index is 14.4. The lowest BCUT2D eigenvalue weighted by molar-refractivity contribution is -0.259. The van der Waals surface area contributed by atoms with Crippen molar-refractivity contribution in [2.45, 2.75) is 31.4 Å². The largest absolute Gasteiger partial charge is 0.421 e. The van der Waals surface area contributed by atoms with E-state index in [9.17, 15) is 40.6 Å². The van der Waals surface area contributed by atoms with Crippen molar-refractivity contribution >= 4 is 34.9 Å². The van der Waals surface area contributed by atoms with Gasteiger partial charge in [0.25, 0.3) is 0 Å². The smallest absolute Gasteiger partial charge is 0.376 e. The SMILES string of the molecule is CC(O)(c1cc(Cl)c(NC(=O)NCc2ncc(C(F)(F)F)cn2)c(Cl)c1F)C(F)(F)F. The molecular weight excluding hydrogens is 484 g/mol. The van der Waals surface area contributed by atoms with Gasteiger partial charge in [-0.15, -0.1) is 0 Å². The Bertz CT molecular complexity index is 980. The number of aromatic nitrogens is 2. The van der Waals surface area contributed by atoms with Crippen LogP contribution in [-0.4, -0.2) is 27.3 Å². The highest BCUT2D eigenvalue weighted by Crippen LogP contribution is 2.44. The van der Waals surface area contributed by atoms with Crippen LogP contribution in [-0.2, 0) is 18.3 Å². The number of nitrogens with one attached hydrogen (secondary N) is 2. The number of anilines is 1. The maximum Gasteiger partial charge on any atom is 0.421 e. The zero-order chi connectivity index (χ0) is 23.8. The van der Waals surface area contributed by atoms with Crippen molar-refractivity contribution in [3.63, 3.8) is 0 Å². The molecule has 6 nitrogen and oxygen atoms in total. The molecule has 2 amide bonds. The number of carbonyl (C=O) groups is 1. The quantitative estimate of drug-likeness (QED) is 0.410. The summed E-state index contributed by atoms with van der Waals surface area (Å²) < 4.78 is 90.6. The van der Waals surface area contributed by atoms with Crippen LogP contribution >= 0.6 is 23.2 Å². The molecule has 170 valence electrons. The minimum Gasteiger partial charge on any atom is -0.376 e. The minimum atomic E-state index is -5.26. The standard InChI is InChI=1S/C16H11Cl2F7N4O2/c1-14(31,16(23,24)25)7-2-8(17)12(10(18)11(7)19)29-13(30)28-5-9-26-3-6(4-27-9)15(20,21)22/h2-4,31H,5H2,1H3,(H2,28,29,30). The first-order valence-corrected chi connectivity index (χ1v) is 8.71. The van der Waals surface area contributed by atoms with E-state index in [1.165, 1.54) is 0 Å². The summed E-state index contributed by atoms with van der Waals surface area (Å²) in [6.07, 6.45) is -8.91. The average Bonchev–Trinajstić information content (AvgIpc) is 2.65. The Morgan fingerprint density at radius 1 is 1.13 bits per heavy atom. The van der Waals surface area contributed by atoms with Crippen LogP contribution in [0.15, 0.2) is 18.5 Å². The van der Waals surface area contributed by atoms with Gasteiger partial charge < -0.3 is 15.7 Å². The molecule has 0 saturated heterocycles. The second-order valence-corrected chi connectivity index (χ2v) is 6.96. The average molecular weight is 495 g/mol. The van der Waals surface area contributed by atoms with Crippen LogP contribution in [0.1, 0.15) is 23.9 Å². The van der Waals surface area contributed by atoms with Crippen LogP contribution < -0.4 is 10.6 Å². The number of carbonyl (C=O) groups excluding carboxylic acids is 1. The maximum atomic E-state index is 14.4. The molecule has 31 heavy (non-hydrogen) atoms. The van der Waals surface area contributed by atoms with E-state index in [-0.39, 0.29) is 5.82 Å². The van der Waals surface area contributed by atoms with E-state index >= 15 is 0 Å². The van der Waals surface area contributed by atoms with Crippen molar-refractivity contribution < 1.29 is 40.6 Å². The molecule has 1 atom stereocenters. The molecule has 0 fully saturated rings. The zero-order valence-electron chi connectivity index (χ0n) is 15.1. The first kappa shape index (κ1) is 24.9. The van der Waals surface area contributed by atoms with Gasteiger partial charge in [0.05, 0.1) is 22.8 Å². The summed E-state index contributed by atoms with van der Waals surface area (Å²) in [4.78, 5) is 18.8. The number of urea groups is 1. The Labute approximate surface area is 179 Å². The third kappa shape index (κ3) is 5.46. The number of amides is 2. The Kier molecular flexibility index (Phi) is 6.93. The second kappa shape index (κ2) is 8.63. The van der Waals surface area contributed by atoms with Gasteiger partial charge in [-0.25, -0.2) is 19.2 Å². The van der Waals surface area contributed by atoms with E-state index in [1.54, 1.807) is 0 Å². The van der Waals surface area contributed by atoms with Crippen molar-refractivity contribution in [2.24, 2.45) is 0 Å². The predicted molar refractivity (Wildman–Crippen MR) is 94.9 cm³/mol. The fourth-order valence-corrected chi connectivity index (χ4v) is 2.68. The number of hydrogen-bond acceptors (Lipinski definition) is 4. The number of alkyl halides is 6. The minimum absolute atomic E-state index is 0.205. The van der Waals surface area contributed by atoms with E-state index in [4.69, 9.17) is 23.2 Å². The molecule has 1 aromatic heterocycles. The molecule has 0 aliphatic rings. The van der Waals surface area contributed by atoms with Crippen LogP contribution in [0.5, 0.6) is 0 Å². The molecule has 15 heteroatoms. The third-order valence-corrected chi connectivity index (χ3v) is 4.57. The molecule has 1 heterocycles. The van der Waals surface area contributed by atoms with Gasteiger partial charge in [-0.2, -0.15) is 26.3 Å². The lowest BCUT2D eigenvalue weighted by Gasteiger charge is -2.28. The Hall–Kier alpha value is -2.38. The number of aliphatic hydroxyl groups is 1. The molecule has 0 saturated carbocycles. The first-order chi connectivity index (χ1) is 14.1. The van der Waals surface area contributed by atoms with Crippen molar-refractivity contribution in [3.05, 3.63) is 51.3 Å². The van der Waals surface area contributed by atoms with Crippen molar-refractivity contribution in [1.82, 2.24) is 15.3 Å². The van der Waals surface area contributed by atoms with Gasteiger partial charge in [-0.1, -0.05) is 23.2 Å². The highest BCUT2D eigenvalue weighted by Gasteiger charge is 2.53. The summed E-state index contributed by atoms with van der Waals surface area (Å²) in [6.45, 7) is -0.162. The molecule has 0 spiro atoms. The van der Waals surface area contributed by atoms with Gasteiger partial charge >= 0.3 is 18.4 Å². The van der Waals surface area contributed by atoms with Crippen molar-refractivity contribution in [2.75, 3.05) is 5.32 Å². The molecule has 1 unspecified atom stereocenters. The monoisotopic (exact) mass is 494 g/mol. The number of nitrogens with zero attached hydrogens (tertiary/aromatic N) is 2. The predicted octanol–water partition coefficient (Wildman–Crippen LogP) is 5.03. The van der Waals surface area contributed by atoms with Gasteiger partial charge in [0.2, 0.25) is 0 Å². The molecule has 2 rings (SSSR count). The Morgan fingerprint density at radius 2 is 1.68 bits per heavy atom. The summed E-state index contributed by atoms with van der Waals surface area (Å²) in [5.74, 6) is -1.88. The van der Waals surface area contributed by atoms with Gasteiger partial charge in [-0.3, -0.25) is 0 Å². The number of hydrogen-bond donors (Lipinski definition) is 3. The fourth-order valence-electron chi connectivity index (χ4n) is 2.13. The number of benzene rings is 1. The molecule has 2 aromatic rings. The highest BCUT2D eigenvalue weighted by atomic mass is 35.5. The van der Waals surface area contributed by atoms with Crippen molar-refractivity contribution in [1.29, 1.82) is 0 Å². The Morgan fingerprint density at radius 3 is 2.16 bits per heavy atom. The fraction of sp³-hybridized carbons (Fsp3) is 0.312. The number of rotatable bonds is 4. The van der Waals surface area contributed by atoms with Crippen LogP contribution in [0.4, 0.5) is 41.2 Å². The molecule has 1 aromatic carbocycles. The van der Waals surface area contributed by atoms with E-state index < -0.39 is 63.2 Å². The summed E-state index contributed by atoms with van der Waals surface area (Å²) in [5, 5.41) is 12.1. The van der Waals surface area contributed by atoms with Crippen LogP contribution in [0, 0.1) is 5.82 Å². The molecule has 0 bridgehead atoms. The van der Waals surface area contributed by atoms with Gasteiger partial charge in [-0.05, 0) is 13.0 Å². The second-order valence-electron chi connectivity index (χ2n) is 6.17. The van der Waals surface area contributed by atoms with E-state index in [0.29, 0.717) is 25.4 Å². The Balaban J connectivity index is 2.16. The van der Waals surface area contributed by atoms with Gasteiger partial charge in [0, 0.05) is 18.0 Å². The van der Waals surface area contributed by atoms with Gasteiger partial charge in [0.15, 0.2) is 5.60 Å². The van der Waals surface area contributed by atoms with E-state index in [1.807, 2.05) is 5.32 Å². The molecule has 3 N–H and O–H groups in total. The topological polar surface area (TPSA) is 87.1 Å². The van der Waals surface area contributed by atoms with E-state index in [2.05, 4.69) is 15.3 Å². The van der Waals surface area contributed by atoms with Crippen LogP contribution in [0.2, 0.25) is 10.0 Å². The number of halogens is 9. The summed E-state index contributed by atoms with van der Waals surface area (Å²) in [5.41, 5.74) is -6.59. The lowest BCUT2D eigenvalue weighted by atomic mass is 9.94. The molecule has 0 aliphatic heterocycles. The molecule has 0 radical (unpaired) electrons. The lowest BCUT2D eigenvalue weighted by Crippen LogP contribution is -2.40. The van der Waals surface area contributed by atoms with Gasteiger partial charge in [0.1, 0.15) is 16.7 Å². The first-order valence-electron chi connectivity index (χ1n) is 7.95. The normalized spacial score (nSPS) is 14.2. The summed E-state index contributed by atoms with van der Waals surface area (Å²) in [7, 11) is 0. The van der Waals surface area contributed by atoms with Crippen LogP contribution in [0.3, 0.4) is 0 Å². The van der Waals surface area contributed by atoms with Crippen molar-refractivity contribution in [3.8, 4) is 0 Å².